The number of unbranched alkanes of at least 4 members (excludes halogenated alkanes) is 2. The number of hydrogen-bond acceptors (Lipinski definition) is 16. The fourth-order valence-electron chi connectivity index (χ4n) is 16.1. The summed E-state index contributed by atoms with van der Waals surface area (Å²) in [5.74, 6) is -4.56. The summed E-state index contributed by atoms with van der Waals surface area (Å²) in [5.41, 5.74) is 15.4. The van der Waals surface area contributed by atoms with Crippen molar-refractivity contribution in [2.24, 2.45) is 33.6 Å². The van der Waals surface area contributed by atoms with E-state index in [2.05, 4.69) is 39.8 Å². The number of anilines is 2. The monoisotopic (exact) mass is 1350 g/mol. The van der Waals surface area contributed by atoms with Crippen LogP contribution in [-0.4, -0.2) is 144 Å². The van der Waals surface area contributed by atoms with Gasteiger partial charge in [-0.05, 0) is 147 Å². The molecule has 4 aromatic heterocycles. The molecule has 4 aliphatic carbocycles. The molecule has 12 rings (SSSR count). The molecule has 4 atom stereocenters. The van der Waals surface area contributed by atoms with Gasteiger partial charge in [-0.15, -0.1) is 0 Å². The van der Waals surface area contributed by atoms with Crippen LogP contribution in [0.4, 0.5) is 20.4 Å². The summed E-state index contributed by atoms with van der Waals surface area (Å²) in [4.78, 5) is 135. The number of nitrogens with zero attached hydrogens (tertiary/aromatic N) is 8. The van der Waals surface area contributed by atoms with Crippen molar-refractivity contribution < 1.29 is 57.7 Å². The van der Waals surface area contributed by atoms with Crippen molar-refractivity contribution >= 4 is 96.7 Å². The van der Waals surface area contributed by atoms with Gasteiger partial charge in [0.2, 0.25) is 11.8 Å². The molecule has 4 saturated carbocycles. The highest BCUT2D eigenvalue weighted by Gasteiger charge is 2.66. The Morgan fingerprint density at radius 1 is 0.816 bits per heavy atom. The number of carbonyl (C=O) groups excluding carboxylic acids is 8. The molecule has 0 radical (unpaired) electrons. The van der Waals surface area contributed by atoms with Crippen LogP contribution in [0.15, 0.2) is 110 Å². The number of amides is 9. The van der Waals surface area contributed by atoms with Crippen LogP contribution in [0.5, 0.6) is 0 Å². The molecule has 98 heavy (non-hydrogen) atoms. The fourth-order valence-corrected chi connectivity index (χ4v) is 17.0. The van der Waals surface area contributed by atoms with Gasteiger partial charge in [-0.2, -0.15) is 5.10 Å². The van der Waals surface area contributed by atoms with E-state index >= 15 is 0 Å². The van der Waals surface area contributed by atoms with E-state index in [4.69, 9.17) is 31.0 Å². The SMILES string of the molecule is Cc1c(-c2ccc(-c3ccc4cncc(C(=O)Nc5nc6ccccc6s5)c4c3)nc2C(=O)O)cnn1CC12CC3(C)CC(C)(C1)CC(OCCN(C)C(=O)OCc1ccc(N(C(=O)[C@@H](NC(=O)CCCCCN4C(=O)C=CC4=O)C(C)C)[C@@H](CCCNC(N)=O)C(N)=O)cc1)(C3)C2. The summed E-state index contributed by atoms with van der Waals surface area (Å²) in [7, 11) is 1.65. The molecule has 4 bridgehead atoms. The molecule has 9 amide bonds. The Hall–Kier alpha value is -9.95. The minimum absolute atomic E-state index is 0.0205. The predicted molar refractivity (Wildman–Crippen MR) is 368 cm³/mol. The van der Waals surface area contributed by atoms with Crippen LogP contribution in [0.3, 0.4) is 0 Å². The van der Waals surface area contributed by atoms with Crippen LogP contribution in [-0.2, 0) is 46.6 Å². The quantitative estimate of drug-likeness (QED) is 0.0188. The summed E-state index contributed by atoms with van der Waals surface area (Å²) >= 11 is 1.37. The van der Waals surface area contributed by atoms with Crippen LogP contribution in [0.25, 0.3) is 43.4 Å². The standard InChI is InChI=1S/C72H83N13O12S/c1-43(2)60(80-57(86)16-8-7-11-28-83-58(87)25-26-59(83)88)64(91)85(55(62(73)89)14-12-27-76-66(74)94)48-21-17-45(18-22-48)35-96-68(95)82(6)29-30-97-72-39-69(4)36-70(5,40-72)38-71(37-69,41-72)42-84-44(3)51(34-77-84)49-23-24-53(78-61(49)65(92)93)46-19-20-47-32-75-33-52(50(47)31-46)63(90)81-67-79-54-13-9-10-15-56(54)98-67/h9-10,13,15,17-26,31-34,43,55,60H,7-8,11-12,14,16,27-30,35-42H2,1-6H3,(H2,73,89)(H,80,86)(H,92,93)(H3,74,76,94)(H,79,81,90)/t55-,60-,69?,70?,71?,72?/m0/s1. The molecule has 0 spiro atoms. The van der Waals surface area contributed by atoms with E-state index in [0.29, 0.717) is 75.5 Å². The number of nitrogens with one attached hydrogen (secondary N) is 3. The van der Waals surface area contributed by atoms with Gasteiger partial charge in [0.05, 0.1) is 39.9 Å². The minimum Gasteiger partial charge on any atom is -0.476 e. The number of rotatable bonds is 29. The molecule has 1 aliphatic heterocycles. The number of carboxylic acid groups (broad SMARTS) is 1. The molecule has 5 aliphatic rings. The zero-order valence-corrected chi connectivity index (χ0v) is 56.7. The number of imide groups is 1. The van der Waals surface area contributed by atoms with Gasteiger partial charge in [-0.3, -0.25) is 53.5 Å². The normalized spacial score (nSPS) is 20.6. The number of benzene rings is 3. The van der Waals surface area contributed by atoms with Crippen molar-refractivity contribution in [3.63, 3.8) is 0 Å². The third kappa shape index (κ3) is 15.4. The first-order valence-corrected chi connectivity index (χ1v) is 34.0. The van der Waals surface area contributed by atoms with Crippen molar-refractivity contribution in [3.05, 3.63) is 132 Å². The highest BCUT2D eigenvalue weighted by molar-refractivity contribution is 7.22. The van der Waals surface area contributed by atoms with E-state index in [9.17, 15) is 48.3 Å². The smallest absolute Gasteiger partial charge is 0.409 e. The van der Waals surface area contributed by atoms with E-state index in [0.717, 1.165) is 64.7 Å². The third-order valence-corrected chi connectivity index (χ3v) is 20.4. The average Bonchev–Trinajstić information content (AvgIpc) is 0.932. The number of primary amides is 2. The Kier molecular flexibility index (Phi) is 20.3. The highest BCUT2D eigenvalue weighted by Crippen LogP contribution is 2.72. The third-order valence-electron chi connectivity index (χ3n) is 19.4. The van der Waals surface area contributed by atoms with Gasteiger partial charge in [0.15, 0.2) is 10.8 Å². The van der Waals surface area contributed by atoms with E-state index < -0.39 is 59.4 Å². The number of aromatic carboxylic acids is 1. The zero-order chi connectivity index (χ0) is 69.8. The zero-order valence-electron chi connectivity index (χ0n) is 55.9. The van der Waals surface area contributed by atoms with E-state index in [1.165, 1.54) is 39.5 Å². The van der Waals surface area contributed by atoms with Crippen molar-refractivity contribution in [2.75, 3.05) is 43.5 Å². The van der Waals surface area contributed by atoms with Crippen LogP contribution in [0, 0.1) is 29.1 Å². The second-order valence-electron chi connectivity index (χ2n) is 27.9. The number of carbonyl (C=O) groups is 9. The number of thiazole rings is 1. The lowest BCUT2D eigenvalue weighted by atomic mass is 9.39. The molecule has 514 valence electrons. The molecule has 5 heterocycles. The van der Waals surface area contributed by atoms with Crippen LogP contribution < -0.4 is 32.3 Å². The summed E-state index contributed by atoms with van der Waals surface area (Å²) in [5, 5.41) is 25.7. The van der Waals surface area contributed by atoms with Crippen molar-refractivity contribution in [3.8, 4) is 22.4 Å². The number of para-hydroxylation sites is 1. The predicted octanol–water partition coefficient (Wildman–Crippen LogP) is 9.69. The van der Waals surface area contributed by atoms with Gasteiger partial charge < -0.3 is 41.6 Å². The van der Waals surface area contributed by atoms with Gasteiger partial charge in [-0.1, -0.05) is 81.9 Å². The topological polar surface area (TPSA) is 347 Å². The first-order chi connectivity index (χ1) is 46.7. The Morgan fingerprint density at radius 3 is 2.24 bits per heavy atom. The number of urea groups is 1. The van der Waals surface area contributed by atoms with E-state index in [-0.39, 0.29) is 91.8 Å². The number of fused-ring (bicyclic) bond motifs is 2. The van der Waals surface area contributed by atoms with Gasteiger partial charge in [0, 0.05) is 97.7 Å². The Morgan fingerprint density at radius 2 is 1.55 bits per heavy atom. The number of carboxylic acids is 1. The Balaban J connectivity index is 0.715. The van der Waals surface area contributed by atoms with Gasteiger partial charge in [-0.25, -0.2) is 24.4 Å². The van der Waals surface area contributed by atoms with Crippen LogP contribution in [0.2, 0.25) is 0 Å². The maximum atomic E-state index is 14.7. The molecular weight excluding hydrogens is 1270 g/mol. The number of hydrogen-bond donors (Lipinski definition) is 6. The summed E-state index contributed by atoms with van der Waals surface area (Å²) in [6.07, 6.45) is 14.1. The molecule has 4 fully saturated rings. The molecule has 25 nitrogen and oxygen atoms in total. The number of nitrogens with two attached hydrogens (primary N) is 2. The van der Waals surface area contributed by atoms with E-state index in [1.54, 1.807) is 69.7 Å². The van der Waals surface area contributed by atoms with Gasteiger partial charge in [0.25, 0.3) is 23.6 Å². The average molecular weight is 1350 g/mol. The number of likely N-dealkylation sites (N-methyl/N-ethyl adjacent to an activating group) is 1. The molecular formula is C72H83N13O12S. The second kappa shape index (κ2) is 28.6. The molecule has 2 unspecified atom stereocenters. The van der Waals surface area contributed by atoms with Crippen LogP contribution >= 0.6 is 11.3 Å². The maximum Gasteiger partial charge on any atom is 0.409 e. The molecule has 7 aromatic rings. The summed E-state index contributed by atoms with van der Waals surface area (Å²) in [6, 6.07) is 20.2. The summed E-state index contributed by atoms with van der Waals surface area (Å²) < 4.78 is 15.7. The molecule has 0 saturated heterocycles. The summed E-state index contributed by atoms with van der Waals surface area (Å²) in [6.45, 7) is 11.5. The van der Waals surface area contributed by atoms with Crippen molar-refractivity contribution in [1.29, 1.82) is 0 Å². The molecule has 26 heteroatoms. The largest absolute Gasteiger partial charge is 0.476 e. The lowest BCUT2D eigenvalue weighted by Gasteiger charge is -2.69. The minimum atomic E-state index is -1.20. The lowest BCUT2D eigenvalue weighted by molar-refractivity contribution is -0.248. The molecule has 8 N–H and O–H groups in total. The molecule has 3 aromatic carbocycles. The van der Waals surface area contributed by atoms with Gasteiger partial charge in [0.1, 0.15) is 18.7 Å². The lowest BCUT2D eigenvalue weighted by Crippen LogP contribution is -2.64. The highest BCUT2D eigenvalue weighted by atomic mass is 32.1. The first-order valence-electron chi connectivity index (χ1n) is 33.1. The maximum absolute atomic E-state index is 14.7. The first kappa shape index (κ1) is 69.4. The Labute approximate surface area is 571 Å². The fraction of sp³-hybridized carbons (Fsp3) is 0.431. The second-order valence-corrected chi connectivity index (χ2v) is 29.0. The van der Waals surface area contributed by atoms with Gasteiger partial charge >= 0.3 is 18.1 Å². The van der Waals surface area contributed by atoms with Crippen molar-refractivity contribution in [1.82, 2.24) is 45.2 Å². The van der Waals surface area contributed by atoms with Crippen molar-refractivity contribution in [2.45, 2.75) is 143 Å². The Bertz CT molecular complexity index is 4230. The number of ether oxygens (including phenoxy) is 2. The van der Waals surface area contributed by atoms with E-state index in [1.807, 2.05) is 54.1 Å². The number of pyridine rings is 2. The number of aromatic nitrogens is 5. The van der Waals surface area contributed by atoms with Crippen LogP contribution in [0.1, 0.15) is 137 Å².